The van der Waals surface area contributed by atoms with Crippen LogP contribution in [0.25, 0.3) is 0 Å². The monoisotopic (exact) mass is 268 g/mol. The fourth-order valence-electron chi connectivity index (χ4n) is 2.38. The first-order chi connectivity index (χ1) is 9.16. The van der Waals surface area contributed by atoms with Crippen molar-refractivity contribution in [3.63, 3.8) is 0 Å². The lowest BCUT2D eigenvalue weighted by Gasteiger charge is -2.35. The van der Waals surface area contributed by atoms with E-state index in [4.69, 9.17) is 9.26 Å². The van der Waals surface area contributed by atoms with Gasteiger partial charge in [0.1, 0.15) is 0 Å². The highest BCUT2D eigenvalue weighted by molar-refractivity contribution is 5.82. The summed E-state index contributed by atoms with van der Waals surface area (Å²) < 4.78 is 10.1. The second-order valence-corrected chi connectivity index (χ2v) is 4.88. The second-order valence-electron chi connectivity index (χ2n) is 4.88. The number of piperidine rings is 1. The highest BCUT2D eigenvalue weighted by atomic mass is 16.5. The lowest BCUT2D eigenvalue weighted by Crippen LogP contribution is -2.50. The molecule has 2 rings (SSSR count). The van der Waals surface area contributed by atoms with Crippen LogP contribution >= 0.6 is 0 Å². The molecule has 1 aromatic heterocycles. The van der Waals surface area contributed by atoms with Crippen molar-refractivity contribution in [2.24, 2.45) is 5.41 Å². The minimum absolute atomic E-state index is 0.00157. The molecule has 19 heavy (non-hydrogen) atoms. The average Bonchev–Trinajstić information content (AvgIpc) is 2.83. The largest absolute Gasteiger partial charge is 0.384 e. The number of rotatable bonds is 5. The molecule has 7 nitrogen and oxygen atoms in total. The maximum Gasteiger partial charge on any atom is 0.229 e. The summed E-state index contributed by atoms with van der Waals surface area (Å²) in [5.74, 6) is 0.989. The third-order valence-corrected chi connectivity index (χ3v) is 3.44. The fourth-order valence-corrected chi connectivity index (χ4v) is 2.38. The highest BCUT2D eigenvalue weighted by Crippen LogP contribution is 2.29. The molecule has 0 atom stereocenters. The Labute approximate surface area is 112 Å². The summed E-state index contributed by atoms with van der Waals surface area (Å²) in [4.78, 5) is 16.4. The molecule has 1 saturated heterocycles. The van der Waals surface area contributed by atoms with E-state index in [0.717, 1.165) is 25.9 Å². The van der Waals surface area contributed by atoms with Crippen molar-refractivity contribution in [1.82, 2.24) is 20.8 Å². The molecule has 106 valence electrons. The predicted molar refractivity (Wildman–Crippen MR) is 67.3 cm³/mol. The van der Waals surface area contributed by atoms with Gasteiger partial charge in [-0.2, -0.15) is 4.98 Å². The third-order valence-electron chi connectivity index (χ3n) is 3.44. The van der Waals surface area contributed by atoms with Gasteiger partial charge in [0.05, 0.1) is 18.6 Å². The van der Waals surface area contributed by atoms with E-state index >= 15 is 0 Å². The van der Waals surface area contributed by atoms with Crippen LogP contribution in [0.3, 0.4) is 0 Å². The summed E-state index contributed by atoms with van der Waals surface area (Å²) in [6.07, 6.45) is 1.55. The number of hydrogen-bond acceptors (Lipinski definition) is 6. The molecule has 7 heteroatoms. The van der Waals surface area contributed by atoms with Crippen LogP contribution in [0, 0.1) is 12.3 Å². The zero-order chi connectivity index (χ0) is 13.7. The van der Waals surface area contributed by atoms with Crippen molar-refractivity contribution in [2.45, 2.75) is 26.3 Å². The van der Waals surface area contributed by atoms with E-state index in [1.165, 1.54) is 0 Å². The molecule has 1 amide bonds. The summed E-state index contributed by atoms with van der Waals surface area (Å²) >= 11 is 0. The van der Waals surface area contributed by atoms with E-state index in [0.29, 0.717) is 18.3 Å². The Balaban J connectivity index is 1.95. The number of hydrogen-bond donors (Lipinski definition) is 2. The lowest BCUT2D eigenvalue weighted by atomic mass is 9.78. The molecule has 0 radical (unpaired) electrons. The van der Waals surface area contributed by atoms with E-state index in [9.17, 15) is 4.79 Å². The first-order valence-corrected chi connectivity index (χ1v) is 6.43. The number of methoxy groups -OCH3 is 1. The third kappa shape index (κ3) is 3.30. The number of ether oxygens (including phenoxy) is 1. The van der Waals surface area contributed by atoms with Gasteiger partial charge in [-0.25, -0.2) is 0 Å². The molecule has 1 aromatic rings. The van der Waals surface area contributed by atoms with Gasteiger partial charge in [0.15, 0.2) is 5.82 Å². The van der Waals surface area contributed by atoms with Crippen molar-refractivity contribution >= 4 is 5.91 Å². The Morgan fingerprint density at radius 2 is 2.26 bits per heavy atom. The Hall–Kier alpha value is -1.47. The number of amides is 1. The van der Waals surface area contributed by atoms with E-state index in [1.54, 1.807) is 14.0 Å². The SMILES string of the molecule is COCC1(C(=O)NCc2noc(C)n2)CCNCC1. The molecule has 0 unspecified atom stereocenters. The summed E-state index contributed by atoms with van der Waals surface area (Å²) in [7, 11) is 1.62. The molecule has 0 aromatic carbocycles. The number of carbonyl (C=O) groups is 1. The quantitative estimate of drug-likeness (QED) is 0.782. The van der Waals surface area contributed by atoms with Crippen molar-refractivity contribution in [3.05, 3.63) is 11.7 Å². The number of nitrogens with zero attached hydrogens (tertiary/aromatic N) is 2. The summed E-state index contributed by atoms with van der Waals surface area (Å²) in [6.45, 7) is 4.11. The van der Waals surface area contributed by atoms with Gasteiger partial charge in [-0.15, -0.1) is 0 Å². The zero-order valence-electron chi connectivity index (χ0n) is 11.4. The van der Waals surface area contributed by atoms with E-state index in [1.807, 2.05) is 0 Å². The van der Waals surface area contributed by atoms with Gasteiger partial charge < -0.3 is 19.9 Å². The summed E-state index contributed by atoms with van der Waals surface area (Å²) in [6, 6.07) is 0. The Bertz CT molecular complexity index is 421. The fraction of sp³-hybridized carbons (Fsp3) is 0.750. The van der Waals surface area contributed by atoms with Crippen LogP contribution in [0.2, 0.25) is 0 Å². The summed E-state index contributed by atoms with van der Waals surface area (Å²) in [5, 5.41) is 9.89. The zero-order valence-corrected chi connectivity index (χ0v) is 11.4. The van der Waals surface area contributed by atoms with Crippen LogP contribution in [-0.2, 0) is 16.1 Å². The van der Waals surface area contributed by atoms with Gasteiger partial charge in [0.25, 0.3) is 0 Å². The molecule has 0 aliphatic carbocycles. The summed E-state index contributed by atoms with van der Waals surface area (Å²) in [5.41, 5.74) is -0.446. The van der Waals surface area contributed by atoms with Crippen molar-refractivity contribution in [1.29, 1.82) is 0 Å². The topological polar surface area (TPSA) is 89.3 Å². The number of aryl methyl sites for hydroxylation is 1. The van der Waals surface area contributed by atoms with Crippen LogP contribution in [0.5, 0.6) is 0 Å². The molecule has 2 N–H and O–H groups in total. The smallest absolute Gasteiger partial charge is 0.229 e. The van der Waals surface area contributed by atoms with E-state index < -0.39 is 5.41 Å². The normalized spacial score (nSPS) is 18.2. The Kier molecular flexibility index (Phi) is 4.49. The van der Waals surface area contributed by atoms with Crippen LogP contribution in [0.15, 0.2) is 4.52 Å². The van der Waals surface area contributed by atoms with Gasteiger partial charge in [-0.05, 0) is 25.9 Å². The Morgan fingerprint density at radius 3 is 2.84 bits per heavy atom. The van der Waals surface area contributed by atoms with Crippen LogP contribution in [-0.4, -0.2) is 42.9 Å². The molecule has 2 heterocycles. The lowest BCUT2D eigenvalue weighted by molar-refractivity contribution is -0.136. The highest BCUT2D eigenvalue weighted by Gasteiger charge is 2.39. The van der Waals surface area contributed by atoms with Gasteiger partial charge in [0.2, 0.25) is 11.8 Å². The molecular weight excluding hydrogens is 248 g/mol. The van der Waals surface area contributed by atoms with Gasteiger partial charge >= 0.3 is 0 Å². The van der Waals surface area contributed by atoms with E-state index in [-0.39, 0.29) is 12.5 Å². The van der Waals surface area contributed by atoms with Gasteiger partial charge in [-0.3, -0.25) is 4.79 Å². The second kappa shape index (κ2) is 6.12. The van der Waals surface area contributed by atoms with Crippen LogP contribution in [0.4, 0.5) is 0 Å². The van der Waals surface area contributed by atoms with E-state index in [2.05, 4.69) is 20.8 Å². The van der Waals surface area contributed by atoms with Crippen molar-refractivity contribution < 1.29 is 14.1 Å². The first-order valence-electron chi connectivity index (χ1n) is 6.43. The number of carbonyl (C=O) groups excluding carboxylic acids is 1. The molecular formula is C12H20N4O3. The standard InChI is InChI=1S/C12H20N4O3/c1-9-15-10(16-19-9)7-14-11(17)12(8-18-2)3-5-13-6-4-12/h13H,3-8H2,1-2H3,(H,14,17). The predicted octanol–water partition coefficient (Wildman–Crippen LogP) is 0.0104. The number of nitrogens with one attached hydrogen (secondary N) is 2. The minimum atomic E-state index is -0.446. The molecule has 0 saturated carbocycles. The molecule has 1 aliphatic rings. The van der Waals surface area contributed by atoms with Crippen LogP contribution < -0.4 is 10.6 Å². The first kappa shape index (κ1) is 14.0. The maximum atomic E-state index is 12.4. The van der Waals surface area contributed by atoms with Crippen molar-refractivity contribution in [2.75, 3.05) is 26.8 Å². The molecule has 0 spiro atoms. The molecule has 1 aliphatic heterocycles. The maximum absolute atomic E-state index is 12.4. The van der Waals surface area contributed by atoms with Crippen molar-refractivity contribution in [3.8, 4) is 0 Å². The van der Waals surface area contributed by atoms with Gasteiger partial charge in [0, 0.05) is 14.0 Å². The van der Waals surface area contributed by atoms with Gasteiger partial charge in [-0.1, -0.05) is 5.16 Å². The average molecular weight is 268 g/mol. The van der Waals surface area contributed by atoms with Crippen LogP contribution in [0.1, 0.15) is 24.6 Å². The molecule has 1 fully saturated rings. The molecule has 0 bridgehead atoms. The Morgan fingerprint density at radius 1 is 1.53 bits per heavy atom. The number of aromatic nitrogens is 2. The minimum Gasteiger partial charge on any atom is -0.384 e.